The van der Waals surface area contributed by atoms with Crippen LogP contribution in [0.2, 0.25) is 0 Å². The third-order valence-corrected chi connectivity index (χ3v) is 3.49. The predicted molar refractivity (Wildman–Crippen MR) is 80.3 cm³/mol. The summed E-state index contributed by atoms with van der Waals surface area (Å²) >= 11 is 3.33. The van der Waals surface area contributed by atoms with Crippen molar-refractivity contribution in [2.24, 2.45) is 0 Å². The Bertz CT molecular complexity index is 720. The maximum absolute atomic E-state index is 10.9. The molecule has 0 fully saturated rings. The molecule has 5 heteroatoms. The van der Waals surface area contributed by atoms with Gasteiger partial charge in [0.2, 0.25) is 0 Å². The van der Waals surface area contributed by atoms with Gasteiger partial charge in [0, 0.05) is 15.8 Å². The van der Waals surface area contributed by atoms with Crippen LogP contribution in [0.3, 0.4) is 0 Å². The van der Waals surface area contributed by atoms with Gasteiger partial charge in [0.25, 0.3) is 0 Å². The molecule has 4 nitrogen and oxygen atoms in total. The van der Waals surface area contributed by atoms with Gasteiger partial charge in [-0.1, -0.05) is 0 Å². The van der Waals surface area contributed by atoms with Crippen molar-refractivity contribution in [1.29, 1.82) is 5.26 Å². The highest BCUT2D eigenvalue weighted by atomic mass is 79.9. The Morgan fingerprint density at radius 3 is 2.45 bits per heavy atom. The standard InChI is InChI=1S/C15H11BrN2O2/c1-9-6-11(4-5-13(9)15(19)20)18-12-3-2-10(8-17)14(16)7-12/h2-7,18H,1H3,(H,19,20). The van der Waals surface area contributed by atoms with E-state index in [9.17, 15) is 4.79 Å². The van der Waals surface area contributed by atoms with Crippen molar-refractivity contribution in [2.45, 2.75) is 6.92 Å². The van der Waals surface area contributed by atoms with E-state index in [1.165, 1.54) is 0 Å². The van der Waals surface area contributed by atoms with Gasteiger partial charge in [-0.25, -0.2) is 4.79 Å². The highest BCUT2D eigenvalue weighted by Gasteiger charge is 2.07. The molecule has 0 aliphatic rings. The second-order valence-corrected chi connectivity index (χ2v) is 5.12. The summed E-state index contributed by atoms with van der Waals surface area (Å²) in [5.41, 5.74) is 3.15. The van der Waals surface area contributed by atoms with E-state index in [4.69, 9.17) is 10.4 Å². The number of halogens is 1. The van der Waals surface area contributed by atoms with Crippen LogP contribution in [0.1, 0.15) is 21.5 Å². The van der Waals surface area contributed by atoms with E-state index in [0.29, 0.717) is 15.6 Å². The Morgan fingerprint density at radius 2 is 1.90 bits per heavy atom. The van der Waals surface area contributed by atoms with Crippen LogP contribution in [-0.4, -0.2) is 11.1 Å². The molecule has 0 bridgehead atoms. The summed E-state index contributed by atoms with van der Waals surface area (Å²) in [5.74, 6) is -0.935. The minimum Gasteiger partial charge on any atom is -0.478 e. The number of carboxylic acid groups (broad SMARTS) is 1. The average Bonchev–Trinajstić information content (AvgIpc) is 2.38. The van der Waals surface area contributed by atoms with Gasteiger partial charge < -0.3 is 10.4 Å². The number of rotatable bonds is 3. The smallest absolute Gasteiger partial charge is 0.335 e. The lowest BCUT2D eigenvalue weighted by atomic mass is 10.1. The zero-order chi connectivity index (χ0) is 14.7. The zero-order valence-electron chi connectivity index (χ0n) is 10.6. The van der Waals surface area contributed by atoms with Crippen molar-refractivity contribution in [3.8, 4) is 6.07 Å². The predicted octanol–water partition coefficient (Wildman–Crippen LogP) is 4.07. The minimum atomic E-state index is -0.935. The van der Waals surface area contributed by atoms with Crippen molar-refractivity contribution in [3.63, 3.8) is 0 Å². The molecule has 0 radical (unpaired) electrons. The first-order valence-corrected chi connectivity index (χ1v) is 6.61. The van der Waals surface area contributed by atoms with Crippen molar-refractivity contribution in [3.05, 3.63) is 57.6 Å². The van der Waals surface area contributed by atoms with E-state index >= 15 is 0 Å². The van der Waals surface area contributed by atoms with Crippen molar-refractivity contribution >= 4 is 33.3 Å². The third kappa shape index (κ3) is 2.98. The van der Waals surface area contributed by atoms with E-state index in [1.54, 1.807) is 43.3 Å². The first kappa shape index (κ1) is 14.1. The molecule has 2 rings (SSSR count). The number of aromatic carboxylic acids is 1. The SMILES string of the molecule is Cc1cc(Nc2ccc(C#N)c(Br)c2)ccc1C(=O)O. The number of benzene rings is 2. The summed E-state index contributed by atoms with van der Waals surface area (Å²) in [6.07, 6.45) is 0. The number of nitrogens with one attached hydrogen (secondary N) is 1. The number of nitrogens with zero attached hydrogens (tertiary/aromatic N) is 1. The Kier molecular flexibility index (Phi) is 4.06. The normalized spacial score (nSPS) is 9.85. The van der Waals surface area contributed by atoms with Crippen molar-refractivity contribution in [2.75, 3.05) is 5.32 Å². The number of carbonyl (C=O) groups is 1. The Labute approximate surface area is 124 Å². The van der Waals surface area contributed by atoms with Crippen molar-refractivity contribution in [1.82, 2.24) is 0 Å². The fraction of sp³-hybridized carbons (Fsp3) is 0.0667. The highest BCUT2D eigenvalue weighted by Crippen LogP contribution is 2.24. The minimum absolute atomic E-state index is 0.288. The largest absolute Gasteiger partial charge is 0.478 e. The van der Waals surface area contributed by atoms with Gasteiger partial charge in [0.1, 0.15) is 6.07 Å². The summed E-state index contributed by atoms with van der Waals surface area (Å²) in [6, 6.07) is 12.4. The fourth-order valence-electron chi connectivity index (χ4n) is 1.83. The third-order valence-electron chi connectivity index (χ3n) is 2.84. The van der Waals surface area contributed by atoms with E-state index < -0.39 is 5.97 Å². The summed E-state index contributed by atoms with van der Waals surface area (Å²) < 4.78 is 0.712. The highest BCUT2D eigenvalue weighted by molar-refractivity contribution is 9.10. The lowest BCUT2D eigenvalue weighted by molar-refractivity contribution is 0.0696. The second-order valence-electron chi connectivity index (χ2n) is 4.27. The van der Waals surface area contributed by atoms with Gasteiger partial charge in [-0.15, -0.1) is 0 Å². The molecule has 0 aromatic heterocycles. The average molecular weight is 331 g/mol. The topological polar surface area (TPSA) is 73.1 Å². The van der Waals surface area contributed by atoms with Gasteiger partial charge in [-0.2, -0.15) is 5.26 Å². The molecule has 2 N–H and O–H groups in total. The van der Waals surface area contributed by atoms with Crippen molar-refractivity contribution < 1.29 is 9.90 Å². The molecular weight excluding hydrogens is 320 g/mol. The molecule has 0 saturated carbocycles. The zero-order valence-corrected chi connectivity index (χ0v) is 12.2. The lowest BCUT2D eigenvalue weighted by Crippen LogP contribution is -2.00. The Hall–Kier alpha value is -2.32. The van der Waals surface area contributed by atoms with E-state index in [1.807, 2.05) is 0 Å². The number of carboxylic acids is 1. The summed E-state index contributed by atoms with van der Waals surface area (Å²) in [7, 11) is 0. The molecule has 0 aliphatic carbocycles. The van der Waals surface area contributed by atoms with E-state index in [-0.39, 0.29) is 5.56 Å². The lowest BCUT2D eigenvalue weighted by Gasteiger charge is -2.09. The van der Waals surface area contributed by atoms with Crippen LogP contribution in [0.25, 0.3) is 0 Å². The molecule has 0 heterocycles. The van der Waals surface area contributed by atoms with Crippen LogP contribution in [-0.2, 0) is 0 Å². The second kappa shape index (κ2) is 5.76. The molecule has 0 unspecified atom stereocenters. The molecular formula is C15H11BrN2O2. The van der Waals surface area contributed by atoms with Gasteiger partial charge in [-0.05, 0) is 64.8 Å². The molecule has 0 aliphatic heterocycles. The van der Waals surface area contributed by atoms with Crippen LogP contribution < -0.4 is 5.32 Å². The molecule has 0 amide bonds. The maximum Gasteiger partial charge on any atom is 0.335 e. The molecule has 2 aromatic carbocycles. The van der Waals surface area contributed by atoms with Crippen LogP contribution in [0.4, 0.5) is 11.4 Å². The molecule has 0 atom stereocenters. The first-order valence-electron chi connectivity index (χ1n) is 5.82. The molecule has 2 aromatic rings. The number of hydrogen-bond donors (Lipinski definition) is 2. The number of anilines is 2. The van der Waals surface area contributed by atoms with E-state index in [0.717, 1.165) is 11.4 Å². The fourth-order valence-corrected chi connectivity index (χ4v) is 2.30. The number of aryl methyl sites for hydroxylation is 1. The van der Waals surface area contributed by atoms with Crippen LogP contribution in [0, 0.1) is 18.3 Å². The van der Waals surface area contributed by atoms with Crippen LogP contribution in [0.15, 0.2) is 40.9 Å². The summed E-state index contributed by atoms with van der Waals surface area (Å²) in [5, 5.41) is 21.0. The van der Waals surface area contributed by atoms with Crippen LogP contribution in [0.5, 0.6) is 0 Å². The van der Waals surface area contributed by atoms with Gasteiger partial charge >= 0.3 is 5.97 Å². The van der Waals surface area contributed by atoms with E-state index in [2.05, 4.69) is 27.3 Å². The first-order chi connectivity index (χ1) is 9.51. The summed E-state index contributed by atoms with van der Waals surface area (Å²) in [4.78, 5) is 10.9. The monoisotopic (exact) mass is 330 g/mol. The van der Waals surface area contributed by atoms with Gasteiger partial charge in [0.15, 0.2) is 0 Å². The molecule has 100 valence electrons. The molecule has 0 saturated heterocycles. The molecule has 20 heavy (non-hydrogen) atoms. The van der Waals surface area contributed by atoms with Gasteiger partial charge in [0.05, 0.1) is 11.1 Å². The Balaban J connectivity index is 2.27. The quantitative estimate of drug-likeness (QED) is 0.889. The van der Waals surface area contributed by atoms with Crippen LogP contribution >= 0.6 is 15.9 Å². The maximum atomic E-state index is 10.9. The molecule has 0 spiro atoms. The number of nitriles is 1. The number of hydrogen-bond acceptors (Lipinski definition) is 3. The summed E-state index contributed by atoms with van der Waals surface area (Å²) in [6.45, 7) is 1.75. The van der Waals surface area contributed by atoms with Gasteiger partial charge in [-0.3, -0.25) is 0 Å². The Morgan fingerprint density at radius 1 is 1.25 bits per heavy atom.